The lowest BCUT2D eigenvalue weighted by molar-refractivity contribution is -0.384. The Morgan fingerprint density at radius 2 is 1.83 bits per heavy atom. The standard InChI is InChI=1S/C24H24N6O5/c1-2-3-6-12-29-24(33)19-8-5-4-7-18(19)22(27-29)23(32)26-25-21(31)15-28-13-11-16-14-17(30(34)35)9-10-20(16)28/h4-5,7-11,13-14H,2-3,6,12,15H2,1H3,(H,25,31)(H,26,32). The van der Waals surface area contributed by atoms with Crippen LogP contribution in [0.3, 0.4) is 0 Å². The number of nitrogens with one attached hydrogen (secondary N) is 2. The van der Waals surface area contributed by atoms with Crippen LogP contribution in [0.4, 0.5) is 5.69 Å². The van der Waals surface area contributed by atoms with Gasteiger partial charge in [-0.15, -0.1) is 0 Å². The summed E-state index contributed by atoms with van der Waals surface area (Å²) in [5, 5.41) is 16.6. The van der Waals surface area contributed by atoms with E-state index in [-0.39, 0.29) is 23.5 Å². The molecule has 2 heterocycles. The molecule has 0 aliphatic carbocycles. The van der Waals surface area contributed by atoms with E-state index in [0.717, 1.165) is 19.3 Å². The van der Waals surface area contributed by atoms with Crippen molar-refractivity contribution < 1.29 is 14.5 Å². The van der Waals surface area contributed by atoms with Crippen LogP contribution < -0.4 is 16.4 Å². The summed E-state index contributed by atoms with van der Waals surface area (Å²) in [7, 11) is 0. The molecule has 0 unspecified atom stereocenters. The molecule has 0 aliphatic heterocycles. The molecule has 2 aromatic carbocycles. The van der Waals surface area contributed by atoms with Gasteiger partial charge in [0.1, 0.15) is 6.54 Å². The number of hydrazine groups is 1. The number of rotatable bonds is 8. The average Bonchev–Trinajstić information content (AvgIpc) is 3.26. The molecule has 35 heavy (non-hydrogen) atoms. The Morgan fingerprint density at radius 3 is 2.57 bits per heavy atom. The number of nitrogens with zero attached hydrogens (tertiary/aromatic N) is 4. The minimum Gasteiger partial charge on any atom is -0.338 e. The number of hydrogen-bond acceptors (Lipinski definition) is 6. The number of aryl methyl sites for hydroxylation is 1. The van der Waals surface area contributed by atoms with Gasteiger partial charge in [-0.2, -0.15) is 5.10 Å². The number of benzene rings is 2. The molecule has 0 aliphatic rings. The summed E-state index contributed by atoms with van der Waals surface area (Å²) in [5.74, 6) is -1.15. The van der Waals surface area contributed by atoms with Crippen molar-refractivity contribution in [3.05, 3.63) is 80.9 Å². The highest BCUT2D eigenvalue weighted by molar-refractivity contribution is 6.05. The largest absolute Gasteiger partial charge is 0.338 e. The fraction of sp³-hybridized carbons (Fsp3) is 0.250. The topological polar surface area (TPSA) is 141 Å². The Balaban J connectivity index is 1.49. The first-order valence-electron chi connectivity index (χ1n) is 11.2. The number of carbonyl (C=O) groups is 2. The third kappa shape index (κ3) is 5.03. The number of nitro benzene ring substituents is 1. The molecule has 11 nitrogen and oxygen atoms in total. The Kier molecular flexibility index (Phi) is 6.86. The summed E-state index contributed by atoms with van der Waals surface area (Å²) in [4.78, 5) is 48.6. The normalized spacial score (nSPS) is 11.0. The van der Waals surface area contributed by atoms with E-state index in [0.29, 0.717) is 28.2 Å². The van der Waals surface area contributed by atoms with Gasteiger partial charge >= 0.3 is 0 Å². The summed E-state index contributed by atoms with van der Waals surface area (Å²) < 4.78 is 2.90. The zero-order valence-corrected chi connectivity index (χ0v) is 19.1. The van der Waals surface area contributed by atoms with Crippen molar-refractivity contribution in [2.45, 2.75) is 39.3 Å². The second-order valence-corrected chi connectivity index (χ2v) is 8.08. The van der Waals surface area contributed by atoms with Gasteiger partial charge in [0, 0.05) is 41.2 Å². The Morgan fingerprint density at radius 1 is 1.06 bits per heavy atom. The Hall–Kier alpha value is -4.54. The number of nitro groups is 1. The van der Waals surface area contributed by atoms with Crippen molar-refractivity contribution in [2.75, 3.05) is 0 Å². The SMILES string of the molecule is CCCCCn1nc(C(=O)NNC(=O)Cn2ccc3cc([N+](=O)[O-])ccc32)c2ccccc2c1=O. The van der Waals surface area contributed by atoms with Gasteiger partial charge in [-0.1, -0.05) is 38.0 Å². The number of amides is 2. The first kappa shape index (κ1) is 23.6. The highest BCUT2D eigenvalue weighted by Crippen LogP contribution is 2.21. The zero-order valence-electron chi connectivity index (χ0n) is 19.1. The van der Waals surface area contributed by atoms with E-state index in [1.807, 2.05) is 0 Å². The molecule has 2 aromatic heterocycles. The van der Waals surface area contributed by atoms with Crippen molar-refractivity contribution in [3.63, 3.8) is 0 Å². The molecule has 0 spiro atoms. The second-order valence-electron chi connectivity index (χ2n) is 8.08. The van der Waals surface area contributed by atoms with Crippen LogP contribution in [0, 0.1) is 10.1 Å². The maximum absolute atomic E-state index is 12.9. The molecule has 2 N–H and O–H groups in total. The van der Waals surface area contributed by atoms with Gasteiger partial charge in [-0.3, -0.25) is 35.3 Å². The lowest BCUT2D eigenvalue weighted by Gasteiger charge is -2.12. The van der Waals surface area contributed by atoms with Crippen LogP contribution in [0.25, 0.3) is 21.7 Å². The molecule has 4 aromatic rings. The van der Waals surface area contributed by atoms with E-state index in [1.165, 1.54) is 16.8 Å². The molecule has 0 radical (unpaired) electrons. The van der Waals surface area contributed by atoms with Crippen LogP contribution in [0.15, 0.2) is 59.5 Å². The van der Waals surface area contributed by atoms with Gasteiger partial charge in [0.2, 0.25) is 0 Å². The van der Waals surface area contributed by atoms with E-state index < -0.39 is 16.7 Å². The van der Waals surface area contributed by atoms with Gasteiger partial charge in [0.05, 0.1) is 10.3 Å². The monoisotopic (exact) mass is 476 g/mol. The number of non-ortho nitro benzene ring substituents is 1. The number of fused-ring (bicyclic) bond motifs is 2. The Labute approximate surface area is 199 Å². The third-order valence-corrected chi connectivity index (χ3v) is 5.65. The van der Waals surface area contributed by atoms with Crippen LogP contribution in [-0.4, -0.2) is 31.1 Å². The van der Waals surface area contributed by atoms with Crippen LogP contribution >= 0.6 is 0 Å². The lowest BCUT2D eigenvalue weighted by Crippen LogP contribution is -2.44. The molecule has 0 bridgehead atoms. The van der Waals surface area contributed by atoms with Crippen molar-refractivity contribution in [2.24, 2.45) is 0 Å². The summed E-state index contributed by atoms with van der Waals surface area (Å²) in [6.07, 6.45) is 4.31. The highest BCUT2D eigenvalue weighted by Gasteiger charge is 2.18. The van der Waals surface area contributed by atoms with Crippen LogP contribution in [0.2, 0.25) is 0 Å². The predicted molar refractivity (Wildman–Crippen MR) is 130 cm³/mol. The van der Waals surface area contributed by atoms with Crippen LogP contribution in [-0.2, 0) is 17.9 Å². The van der Waals surface area contributed by atoms with Crippen molar-refractivity contribution in [3.8, 4) is 0 Å². The summed E-state index contributed by atoms with van der Waals surface area (Å²) in [5.41, 5.74) is 5.11. The van der Waals surface area contributed by atoms with Crippen molar-refractivity contribution >= 4 is 39.2 Å². The van der Waals surface area contributed by atoms with Gasteiger partial charge in [-0.05, 0) is 24.6 Å². The van der Waals surface area contributed by atoms with Crippen LogP contribution in [0.5, 0.6) is 0 Å². The minimum absolute atomic E-state index is 0.0377. The molecule has 0 saturated heterocycles. The van der Waals surface area contributed by atoms with E-state index in [4.69, 9.17) is 0 Å². The van der Waals surface area contributed by atoms with Gasteiger partial charge in [0.15, 0.2) is 5.69 Å². The molecular formula is C24H24N6O5. The molecule has 2 amide bonds. The van der Waals surface area contributed by atoms with E-state index in [2.05, 4.69) is 22.9 Å². The predicted octanol–water partition coefficient (Wildman–Crippen LogP) is 2.91. The molecule has 180 valence electrons. The Bertz CT molecular complexity index is 1490. The molecular weight excluding hydrogens is 452 g/mol. The minimum atomic E-state index is -0.646. The molecule has 4 rings (SSSR count). The summed E-state index contributed by atoms with van der Waals surface area (Å²) in [6.45, 7) is 2.33. The van der Waals surface area contributed by atoms with Crippen LogP contribution in [0.1, 0.15) is 36.7 Å². The quantitative estimate of drug-likeness (QED) is 0.228. The zero-order chi connectivity index (χ0) is 24.9. The molecule has 0 fully saturated rings. The average molecular weight is 476 g/mol. The molecule has 0 atom stereocenters. The number of aromatic nitrogens is 3. The highest BCUT2D eigenvalue weighted by atomic mass is 16.6. The van der Waals surface area contributed by atoms with Crippen molar-refractivity contribution in [1.82, 2.24) is 25.2 Å². The maximum atomic E-state index is 12.9. The van der Waals surface area contributed by atoms with E-state index in [9.17, 15) is 24.5 Å². The second kappa shape index (κ2) is 10.2. The summed E-state index contributed by atoms with van der Waals surface area (Å²) in [6, 6.07) is 12.8. The first-order valence-corrected chi connectivity index (χ1v) is 11.2. The van der Waals surface area contributed by atoms with E-state index >= 15 is 0 Å². The van der Waals surface area contributed by atoms with E-state index in [1.54, 1.807) is 47.2 Å². The van der Waals surface area contributed by atoms with Gasteiger partial charge in [0.25, 0.3) is 23.1 Å². The third-order valence-electron chi connectivity index (χ3n) is 5.65. The lowest BCUT2D eigenvalue weighted by atomic mass is 10.1. The van der Waals surface area contributed by atoms with Crippen molar-refractivity contribution in [1.29, 1.82) is 0 Å². The smallest absolute Gasteiger partial charge is 0.290 e. The number of carbonyl (C=O) groups excluding carboxylic acids is 2. The number of hydrogen-bond donors (Lipinski definition) is 2. The van der Waals surface area contributed by atoms with Gasteiger partial charge < -0.3 is 4.57 Å². The maximum Gasteiger partial charge on any atom is 0.290 e. The number of unbranched alkanes of at least 4 members (excludes halogenated alkanes) is 2. The van der Waals surface area contributed by atoms with Gasteiger partial charge in [-0.25, -0.2) is 4.68 Å². The first-order chi connectivity index (χ1) is 16.9. The molecule has 0 saturated carbocycles. The molecule has 11 heteroatoms. The summed E-state index contributed by atoms with van der Waals surface area (Å²) >= 11 is 0. The fourth-order valence-corrected chi connectivity index (χ4v) is 3.88. The fourth-order valence-electron chi connectivity index (χ4n) is 3.88.